The van der Waals surface area contributed by atoms with Gasteiger partial charge in [0.2, 0.25) is 0 Å². The maximum Gasteiger partial charge on any atom is 0.0921 e. The van der Waals surface area contributed by atoms with E-state index in [9.17, 15) is 0 Å². The number of hydrogen-bond donors (Lipinski definition) is 2. The van der Waals surface area contributed by atoms with Crippen LogP contribution in [0.25, 0.3) is 0 Å². The van der Waals surface area contributed by atoms with E-state index in [0.717, 1.165) is 31.3 Å². The van der Waals surface area contributed by atoms with E-state index in [1.54, 1.807) is 11.9 Å². The van der Waals surface area contributed by atoms with Crippen LogP contribution in [0.1, 0.15) is 32.4 Å². The summed E-state index contributed by atoms with van der Waals surface area (Å²) >= 11 is 0. The molecule has 0 aliphatic heterocycles. The number of rotatable bonds is 5. The fourth-order valence-corrected chi connectivity index (χ4v) is 2.79. The minimum Gasteiger partial charge on any atom is -0.348 e. The maximum atomic E-state index is 4.02. The zero-order valence-electron chi connectivity index (χ0n) is 10.9. The van der Waals surface area contributed by atoms with Gasteiger partial charge in [0.15, 0.2) is 0 Å². The summed E-state index contributed by atoms with van der Waals surface area (Å²) in [6.45, 7) is 6.76. The Labute approximate surface area is 104 Å². The highest BCUT2D eigenvalue weighted by Gasteiger charge is 2.17. The molecule has 0 spiro atoms. The van der Waals surface area contributed by atoms with Crippen molar-refractivity contribution in [2.24, 2.45) is 11.8 Å². The van der Waals surface area contributed by atoms with E-state index in [0.29, 0.717) is 0 Å². The number of aromatic amines is 1. The van der Waals surface area contributed by atoms with Crippen molar-refractivity contribution in [1.82, 2.24) is 15.3 Å². The molecule has 1 aliphatic rings. The van der Waals surface area contributed by atoms with E-state index in [1.807, 2.05) is 6.20 Å². The lowest BCUT2D eigenvalue weighted by molar-refractivity contribution is 0.382. The van der Waals surface area contributed by atoms with Gasteiger partial charge in [0.1, 0.15) is 0 Å². The second-order valence-electron chi connectivity index (χ2n) is 5.33. The van der Waals surface area contributed by atoms with Crippen LogP contribution in [-0.4, -0.2) is 23.1 Å². The first kappa shape index (κ1) is 12.4. The van der Waals surface area contributed by atoms with Gasteiger partial charge in [0.05, 0.1) is 6.33 Å². The van der Waals surface area contributed by atoms with Crippen LogP contribution in [0.5, 0.6) is 0 Å². The quantitative estimate of drug-likeness (QED) is 0.606. The molecule has 3 nitrogen and oxygen atoms in total. The second-order valence-corrected chi connectivity index (χ2v) is 5.33. The van der Waals surface area contributed by atoms with Gasteiger partial charge in [0, 0.05) is 24.9 Å². The summed E-state index contributed by atoms with van der Waals surface area (Å²) in [5, 5.41) is 3.56. The monoisotopic (exact) mass is 233 g/mol. The first-order valence-electron chi connectivity index (χ1n) is 6.59. The van der Waals surface area contributed by atoms with Gasteiger partial charge in [-0.25, -0.2) is 4.98 Å². The Morgan fingerprint density at radius 1 is 1.53 bits per heavy atom. The van der Waals surface area contributed by atoms with Crippen LogP contribution in [0.2, 0.25) is 0 Å². The molecule has 1 aliphatic carbocycles. The lowest BCUT2D eigenvalue weighted by atomic mass is 9.84. The highest BCUT2D eigenvalue weighted by molar-refractivity contribution is 5.06. The van der Waals surface area contributed by atoms with E-state index in [1.165, 1.54) is 18.5 Å². The van der Waals surface area contributed by atoms with Crippen molar-refractivity contribution >= 4 is 0 Å². The molecule has 1 heterocycles. The molecule has 0 saturated carbocycles. The average molecular weight is 233 g/mol. The summed E-state index contributed by atoms with van der Waals surface area (Å²) < 4.78 is 0. The molecule has 0 bridgehead atoms. The van der Waals surface area contributed by atoms with Crippen LogP contribution in [0.3, 0.4) is 0 Å². The largest absolute Gasteiger partial charge is 0.348 e. The standard InChI is InChI=1S/C14H23N3/c1-11-5-12(2)7-13(6-11)8-15-4-3-14-9-16-10-17-14/h5,9-11,13,15H,3-4,6-8H2,1-2H3,(H,16,17). The molecule has 0 saturated heterocycles. The van der Waals surface area contributed by atoms with Gasteiger partial charge < -0.3 is 10.3 Å². The molecule has 2 atom stereocenters. The molecule has 0 aromatic carbocycles. The highest BCUT2D eigenvalue weighted by Crippen LogP contribution is 2.27. The Kier molecular flexibility index (Phi) is 4.37. The number of nitrogens with one attached hydrogen (secondary N) is 2. The van der Waals surface area contributed by atoms with Crippen molar-refractivity contribution in [3.63, 3.8) is 0 Å². The lowest BCUT2D eigenvalue weighted by Crippen LogP contribution is -2.27. The van der Waals surface area contributed by atoms with Crippen LogP contribution in [0, 0.1) is 11.8 Å². The van der Waals surface area contributed by atoms with Crippen molar-refractivity contribution in [2.45, 2.75) is 33.1 Å². The number of hydrogen-bond acceptors (Lipinski definition) is 2. The Hall–Kier alpha value is -1.09. The van der Waals surface area contributed by atoms with E-state index in [4.69, 9.17) is 0 Å². The first-order valence-corrected chi connectivity index (χ1v) is 6.59. The molecular weight excluding hydrogens is 210 g/mol. The SMILES string of the molecule is CC1=CC(C)CC(CNCCc2cnc[nH]2)C1. The van der Waals surface area contributed by atoms with Crippen molar-refractivity contribution in [3.8, 4) is 0 Å². The number of imidazole rings is 1. The summed E-state index contributed by atoms with van der Waals surface area (Å²) in [5.41, 5.74) is 2.77. The van der Waals surface area contributed by atoms with E-state index >= 15 is 0 Å². The predicted molar refractivity (Wildman–Crippen MR) is 70.8 cm³/mol. The zero-order chi connectivity index (χ0) is 12.1. The lowest BCUT2D eigenvalue weighted by Gasteiger charge is -2.25. The molecule has 1 aromatic rings. The molecule has 3 heteroatoms. The molecule has 1 aromatic heterocycles. The number of nitrogens with zero attached hydrogens (tertiary/aromatic N) is 1. The zero-order valence-corrected chi connectivity index (χ0v) is 10.9. The Bertz CT molecular complexity index is 354. The van der Waals surface area contributed by atoms with E-state index in [2.05, 4.69) is 35.2 Å². The van der Waals surface area contributed by atoms with Crippen LogP contribution >= 0.6 is 0 Å². The van der Waals surface area contributed by atoms with E-state index in [-0.39, 0.29) is 0 Å². The van der Waals surface area contributed by atoms with Gasteiger partial charge in [-0.2, -0.15) is 0 Å². The third-order valence-electron chi connectivity index (χ3n) is 3.44. The van der Waals surface area contributed by atoms with Gasteiger partial charge in [-0.15, -0.1) is 0 Å². The molecule has 17 heavy (non-hydrogen) atoms. The van der Waals surface area contributed by atoms with Gasteiger partial charge in [-0.05, 0) is 38.1 Å². The van der Waals surface area contributed by atoms with Crippen LogP contribution < -0.4 is 5.32 Å². The molecule has 2 unspecified atom stereocenters. The third kappa shape index (κ3) is 4.00. The molecule has 2 rings (SSSR count). The minimum absolute atomic E-state index is 0.753. The predicted octanol–water partition coefficient (Wildman–Crippen LogP) is 2.53. The molecule has 0 amide bonds. The normalized spacial score (nSPS) is 24.7. The van der Waals surface area contributed by atoms with Crippen molar-refractivity contribution in [3.05, 3.63) is 29.9 Å². The third-order valence-corrected chi connectivity index (χ3v) is 3.44. The molecule has 94 valence electrons. The van der Waals surface area contributed by atoms with Crippen LogP contribution in [0.4, 0.5) is 0 Å². The van der Waals surface area contributed by atoms with Crippen LogP contribution in [-0.2, 0) is 6.42 Å². The summed E-state index contributed by atoms with van der Waals surface area (Å²) in [4.78, 5) is 7.15. The average Bonchev–Trinajstić information content (AvgIpc) is 2.76. The first-order chi connectivity index (χ1) is 8.24. The van der Waals surface area contributed by atoms with Gasteiger partial charge >= 0.3 is 0 Å². The smallest absolute Gasteiger partial charge is 0.0921 e. The molecule has 2 N–H and O–H groups in total. The minimum atomic E-state index is 0.753. The van der Waals surface area contributed by atoms with E-state index < -0.39 is 0 Å². The van der Waals surface area contributed by atoms with Crippen molar-refractivity contribution in [2.75, 3.05) is 13.1 Å². The Balaban J connectivity index is 1.64. The maximum absolute atomic E-state index is 4.02. The Morgan fingerprint density at radius 3 is 3.12 bits per heavy atom. The Morgan fingerprint density at radius 2 is 2.41 bits per heavy atom. The fraction of sp³-hybridized carbons (Fsp3) is 0.643. The summed E-state index contributed by atoms with van der Waals surface area (Å²) in [6.07, 6.45) is 9.69. The molecular formula is C14H23N3. The summed E-state index contributed by atoms with van der Waals surface area (Å²) in [5.74, 6) is 1.57. The second kappa shape index (κ2) is 6.01. The fourth-order valence-electron chi connectivity index (χ4n) is 2.79. The topological polar surface area (TPSA) is 40.7 Å². The van der Waals surface area contributed by atoms with Crippen molar-refractivity contribution in [1.29, 1.82) is 0 Å². The van der Waals surface area contributed by atoms with Gasteiger partial charge in [0.25, 0.3) is 0 Å². The summed E-state index contributed by atoms with van der Waals surface area (Å²) in [7, 11) is 0. The van der Waals surface area contributed by atoms with Gasteiger partial charge in [-0.3, -0.25) is 0 Å². The number of allylic oxidation sites excluding steroid dienone is 2. The van der Waals surface area contributed by atoms with Crippen molar-refractivity contribution < 1.29 is 0 Å². The highest BCUT2D eigenvalue weighted by atomic mass is 14.9. The van der Waals surface area contributed by atoms with Crippen LogP contribution in [0.15, 0.2) is 24.2 Å². The summed E-state index contributed by atoms with van der Waals surface area (Å²) in [6, 6.07) is 0. The van der Waals surface area contributed by atoms with Gasteiger partial charge in [-0.1, -0.05) is 18.6 Å². The number of aromatic nitrogens is 2. The molecule has 0 radical (unpaired) electrons. The number of H-pyrrole nitrogens is 1. The molecule has 0 fully saturated rings.